The van der Waals surface area contributed by atoms with Crippen molar-refractivity contribution in [1.29, 1.82) is 0 Å². The van der Waals surface area contributed by atoms with E-state index < -0.39 is 5.41 Å². The summed E-state index contributed by atoms with van der Waals surface area (Å²) in [5.74, 6) is 0.0694. The number of para-hydroxylation sites is 2. The molecule has 17 heavy (non-hydrogen) atoms. The lowest BCUT2D eigenvalue weighted by molar-refractivity contribution is 0.0831. The summed E-state index contributed by atoms with van der Waals surface area (Å²) < 4.78 is 1.37. The van der Waals surface area contributed by atoms with Crippen molar-refractivity contribution in [1.82, 2.24) is 9.55 Å². The zero-order chi connectivity index (χ0) is 12.3. The van der Waals surface area contributed by atoms with E-state index in [0.29, 0.717) is 0 Å². The number of carbonyl (C=O) groups excluding carboxylic acids is 1. The fourth-order valence-electron chi connectivity index (χ4n) is 2.02. The molecule has 0 spiro atoms. The van der Waals surface area contributed by atoms with Crippen molar-refractivity contribution in [2.45, 2.75) is 16.6 Å². The van der Waals surface area contributed by atoms with Crippen molar-refractivity contribution in [3.05, 3.63) is 30.6 Å². The van der Waals surface area contributed by atoms with Crippen molar-refractivity contribution in [3.63, 3.8) is 0 Å². The van der Waals surface area contributed by atoms with E-state index in [1.165, 1.54) is 0 Å². The molecular weight excluding hydrogens is 348 g/mol. The molecule has 1 aromatic carbocycles. The van der Waals surface area contributed by atoms with E-state index in [-0.39, 0.29) is 9.14 Å². The van der Waals surface area contributed by atoms with Gasteiger partial charge >= 0.3 is 0 Å². The molecule has 0 radical (unpaired) electrons. The molecule has 5 heteroatoms. The normalized spacial score (nSPS) is 26.1. The van der Waals surface area contributed by atoms with E-state index in [4.69, 9.17) is 0 Å². The van der Waals surface area contributed by atoms with Gasteiger partial charge in [0.1, 0.15) is 6.33 Å². The van der Waals surface area contributed by atoms with Crippen LogP contribution in [-0.2, 0) is 0 Å². The average molecular weight is 358 g/mol. The minimum Gasteiger partial charge on any atom is -0.273 e. The molecule has 0 saturated heterocycles. The van der Waals surface area contributed by atoms with Gasteiger partial charge in [-0.25, -0.2) is 4.98 Å². The van der Waals surface area contributed by atoms with Crippen molar-refractivity contribution >= 4 is 48.8 Å². The number of imidazole rings is 1. The predicted octanol–water partition coefficient (Wildman–Crippen LogP) is 3.57. The minimum absolute atomic E-state index is 0.0694. The Bertz CT molecular complexity index is 620. The van der Waals surface area contributed by atoms with Gasteiger partial charge in [0.15, 0.2) is 0 Å². The topological polar surface area (TPSA) is 34.9 Å². The number of aromatic nitrogens is 2. The molecule has 2 aromatic rings. The summed E-state index contributed by atoms with van der Waals surface area (Å²) in [6.45, 7) is 1.95. The van der Waals surface area contributed by atoms with Gasteiger partial charge < -0.3 is 0 Å². The molecule has 3 rings (SSSR count). The van der Waals surface area contributed by atoms with Crippen LogP contribution in [0.2, 0.25) is 0 Å². The van der Waals surface area contributed by atoms with E-state index in [1.54, 1.807) is 10.9 Å². The molecule has 0 N–H and O–H groups in total. The first kappa shape index (κ1) is 11.4. The molecule has 0 amide bonds. The molecule has 1 aliphatic carbocycles. The third-order valence-corrected chi connectivity index (χ3v) is 5.71. The molecule has 1 aromatic heterocycles. The number of alkyl halides is 2. The first-order valence-electron chi connectivity index (χ1n) is 5.30. The lowest BCUT2D eigenvalue weighted by Gasteiger charge is -2.12. The van der Waals surface area contributed by atoms with Gasteiger partial charge in [0.05, 0.1) is 19.7 Å². The molecule has 0 bridgehead atoms. The number of nitrogens with zero attached hydrogens (tertiary/aromatic N) is 2. The van der Waals surface area contributed by atoms with E-state index in [0.717, 1.165) is 17.5 Å². The van der Waals surface area contributed by atoms with Crippen molar-refractivity contribution in [2.75, 3.05) is 0 Å². The van der Waals surface area contributed by atoms with Crippen molar-refractivity contribution < 1.29 is 4.79 Å². The molecule has 0 aliphatic heterocycles. The summed E-state index contributed by atoms with van der Waals surface area (Å²) in [4.78, 5) is 16.7. The fourth-order valence-corrected chi connectivity index (χ4v) is 3.48. The lowest BCUT2D eigenvalue weighted by Crippen LogP contribution is -2.24. The maximum Gasteiger partial charge on any atom is 0.240 e. The largest absolute Gasteiger partial charge is 0.273 e. The maximum absolute atomic E-state index is 12.5. The number of rotatable bonds is 1. The Morgan fingerprint density at radius 2 is 2.06 bits per heavy atom. The van der Waals surface area contributed by atoms with Gasteiger partial charge in [0.2, 0.25) is 5.91 Å². The van der Waals surface area contributed by atoms with Crippen molar-refractivity contribution in [2.24, 2.45) is 5.41 Å². The Kier molecular flexibility index (Phi) is 2.29. The number of halogens is 2. The summed E-state index contributed by atoms with van der Waals surface area (Å²) >= 11 is 7.04. The third kappa shape index (κ3) is 1.52. The van der Waals surface area contributed by atoms with Crippen LogP contribution in [0.4, 0.5) is 0 Å². The van der Waals surface area contributed by atoms with Crippen LogP contribution >= 0.6 is 31.9 Å². The minimum atomic E-state index is -0.406. The van der Waals surface area contributed by atoms with Gasteiger partial charge in [-0.3, -0.25) is 9.36 Å². The van der Waals surface area contributed by atoms with Crippen LogP contribution < -0.4 is 0 Å². The SMILES string of the molecule is CC1(C(=O)n2cnc3ccccc32)CC1(Br)Br. The highest BCUT2D eigenvalue weighted by atomic mass is 79.9. The monoisotopic (exact) mass is 356 g/mol. The molecule has 1 fully saturated rings. The van der Waals surface area contributed by atoms with Gasteiger partial charge in [-0.05, 0) is 25.5 Å². The molecule has 1 saturated carbocycles. The standard InChI is InChI=1S/C12H10Br2N2O/c1-11(6-12(11,13)14)10(17)16-7-15-8-4-2-3-5-9(8)16/h2-5,7H,6H2,1H3. The summed E-state index contributed by atoms with van der Waals surface area (Å²) in [5.41, 5.74) is 1.30. The van der Waals surface area contributed by atoms with Gasteiger partial charge in [0, 0.05) is 0 Å². The zero-order valence-electron chi connectivity index (χ0n) is 9.15. The van der Waals surface area contributed by atoms with Crippen LogP contribution in [0.25, 0.3) is 11.0 Å². The average Bonchev–Trinajstić information content (AvgIpc) is 2.67. The van der Waals surface area contributed by atoms with Gasteiger partial charge in [-0.1, -0.05) is 44.0 Å². The Balaban J connectivity index is 2.09. The zero-order valence-corrected chi connectivity index (χ0v) is 12.3. The second kappa shape index (κ2) is 3.42. The van der Waals surface area contributed by atoms with Crippen LogP contribution in [0, 0.1) is 5.41 Å². The summed E-state index contributed by atoms with van der Waals surface area (Å²) in [6, 6.07) is 7.65. The number of benzene rings is 1. The van der Waals surface area contributed by atoms with E-state index in [2.05, 4.69) is 36.8 Å². The fraction of sp³-hybridized carbons (Fsp3) is 0.333. The van der Waals surface area contributed by atoms with Crippen molar-refractivity contribution in [3.8, 4) is 0 Å². The summed E-state index contributed by atoms with van der Waals surface area (Å²) in [7, 11) is 0. The number of fused-ring (bicyclic) bond motifs is 1. The summed E-state index contributed by atoms with van der Waals surface area (Å²) in [6.07, 6.45) is 2.39. The second-order valence-electron chi connectivity index (χ2n) is 4.62. The quantitative estimate of drug-likeness (QED) is 0.731. The molecule has 88 valence electrons. The Hall–Kier alpha value is -0.680. The first-order chi connectivity index (χ1) is 7.96. The van der Waals surface area contributed by atoms with E-state index >= 15 is 0 Å². The molecule has 1 heterocycles. The number of carbonyl (C=O) groups is 1. The third-order valence-electron chi connectivity index (χ3n) is 3.40. The van der Waals surface area contributed by atoms with Gasteiger partial charge in [-0.2, -0.15) is 0 Å². The number of hydrogen-bond acceptors (Lipinski definition) is 2. The lowest BCUT2D eigenvalue weighted by atomic mass is 10.1. The van der Waals surface area contributed by atoms with Crippen LogP contribution in [-0.4, -0.2) is 18.7 Å². The molecule has 1 aliphatic rings. The highest BCUT2D eigenvalue weighted by molar-refractivity contribution is 9.25. The first-order valence-corrected chi connectivity index (χ1v) is 6.89. The van der Waals surface area contributed by atoms with Gasteiger partial charge in [0.25, 0.3) is 0 Å². The van der Waals surface area contributed by atoms with Crippen LogP contribution in [0.1, 0.15) is 18.1 Å². The van der Waals surface area contributed by atoms with Gasteiger partial charge in [-0.15, -0.1) is 0 Å². The Morgan fingerprint density at radius 3 is 2.71 bits per heavy atom. The van der Waals surface area contributed by atoms with Crippen LogP contribution in [0.5, 0.6) is 0 Å². The predicted molar refractivity (Wildman–Crippen MR) is 73.7 cm³/mol. The molecule has 1 atom stereocenters. The van der Waals surface area contributed by atoms with Crippen LogP contribution in [0.15, 0.2) is 30.6 Å². The smallest absolute Gasteiger partial charge is 0.240 e. The molecule has 1 unspecified atom stereocenters. The molecular formula is C12H10Br2N2O. The number of hydrogen-bond donors (Lipinski definition) is 0. The highest BCUT2D eigenvalue weighted by Crippen LogP contribution is 2.66. The van der Waals surface area contributed by atoms with Crippen LogP contribution in [0.3, 0.4) is 0 Å². The Morgan fingerprint density at radius 1 is 1.41 bits per heavy atom. The maximum atomic E-state index is 12.5. The van der Waals surface area contributed by atoms with E-state index in [9.17, 15) is 4.79 Å². The summed E-state index contributed by atoms with van der Waals surface area (Å²) in [5, 5.41) is 0. The highest BCUT2D eigenvalue weighted by Gasteiger charge is 2.67. The second-order valence-corrected chi connectivity index (χ2v) is 8.39. The van der Waals surface area contributed by atoms with E-state index in [1.807, 2.05) is 31.2 Å². The Labute approximate surface area is 115 Å². The molecule has 3 nitrogen and oxygen atoms in total.